The fourth-order valence-electron chi connectivity index (χ4n) is 2.90. The Balaban J connectivity index is 1.75. The van der Waals surface area contributed by atoms with Gasteiger partial charge in [0.05, 0.1) is 28.8 Å². The van der Waals surface area contributed by atoms with Crippen LogP contribution in [0.5, 0.6) is 5.75 Å². The van der Waals surface area contributed by atoms with Crippen molar-refractivity contribution in [3.8, 4) is 5.75 Å². The van der Waals surface area contributed by atoms with Gasteiger partial charge in [-0.15, -0.1) is 6.58 Å². The number of benzene rings is 2. The van der Waals surface area contributed by atoms with Gasteiger partial charge in [0, 0.05) is 24.4 Å². The van der Waals surface area contributed by atoms with Crippen LogP contribution < -0.4 is 10.1 Å². The normalized spacial score (nSPS) is 10.7. The first-order valence-electron chi connectivity index (χ1n) is 8.76. The Hall–Kier alpha value is -3.33. The maximum Gasteiger partial charge on any atom is 0.311 e. The van der Waals surface area contributed by atoms with E-state index >= 15 is 0 Å². The lowest BCUT2D eigenvalue weighted by Crippen LogP contribution is -2.15. The Morgan fingerprint density at radius 2 is 2.17 bits per heavy atom. The highest BCUT2D eigenvalue weighted by Crippen LogP contribution is 2.33. The van der Waals surface area contributed by atoms with E-state index in [0.717, 1.165) is 16.2 Å². The second-order valence-electron chi connectivity index (χ2n) is 6.22. The summed E-state index contributed by atoms with van der Waals surface area (Å²) in [5, 5.41) is 14.6. The molecule has 0 bridgehead atoms. The average Bonchev–Trinajstić information content (AvgIpc) is 3.05. The van der Waals surface area contributed by atoms with Crippen LogP contribution in [-0.4, -0.2) is 33.2 Å². The van der Waals surface area contributed by atoms with Crippen molar-refractivity contribution < 1.29 is 14.5 Å². The van der Waals surface area contributed by atoms with Crippen LogP contribution in [0.4, 0.5) is 11.4 Å². The van der Waals surface area contributed by atoms with Crippen LogP contribution in [-0.2, 0) is 11.3 Å². The number of aromatic nitrogens is 2. The number of nitro groups is 1. The van der Waals surface area contributed by atoms with Gasteiger partial charge in [0.2, 0.25) is 5.91 Å². The molecule has 150 valence electrons. The van der Waals surface area contributed by atoms with Gasteiger partial charge in [-0.3, -0.25) is 14.9 Å². The minimum absolute atomic E-state index is 0.0938. The highest BCUT2D eigenvalue weighted by molar-refractivity contribution is 7.99. The van der Waals surface area contributed by atoms with Crippen molar-refractivity contribution in [1.29, 1.82) is 0 Å². The van der Waals surface area contributed by atoms with Gasteiger partial charge in [-0.05, 0) is 24.6 Å². The molecule has 9 heteroatoms. The predicted molar refractivity (Wildman–Crippen MR) is 114 cm³/mol. The number of hydrogen-bond acceptors (Lipinski definition) is 6. The first-order valence-corrected chi connectivity index (χ1v) is 9.75. The molecule has 0 aliphatic rings. The van der Waals surface area contributed by atoms with Crippen molar-refractivity contribution in [2.24, 2.45) is 0 Å². The maximum absolute atomic E-state index is 12.5. The third-order valence-electron chi connectivity index (χ3n) is 4.26. The summed E-state index contributed by atoms with van der Waals surface area (Å²) in [6.45, 7) is 6.06. The first-order chi connectivity index (χ1) is 13.9. The number of rotatable bonds is 8. The molecule has 0 radical (unpaired) electrons. The third kappa shape index (κ3) is 4.40. The third-order valence-corrected chi connectivity index (χ3v) is 5.24. The molecule has 0 unspecified atom stereocenters. The van der Waals surface area contributed by atoms with Crippen LogP contribution in [0, 0.1) is 17.0 Å². The summed E-state index contributed by atoms with van der Waals surface area (Å²) in [5.41, 5.74) is 2.74. The average molecular weight is 412 g/mol. The van der Waals surface area contributed by atoms with E-state index in [-0.39, 0.29) is 23.1 Å². The quantitative estimate of drug-likeness (QED) is 0.258. The van der Waals surface area contributed by atoms with E-state index in [0.29, 0.717) is 17.8 Å². The lowest BCUT2D eigenvalue weighted by atomic mass is 10.1. The van der Waals surface area contributed by atoms with Gasteiger partial charge >= 0.3 is 5.69 Å². The summed E-state index contributed by atoms with van der Waals surface area (Å²) < 4.78 is 7.07. The molecule has 0 fully saturated rings. The highest BCUT2D eigenvalue weighted by Gasteiger charge is 2.19. The molecule has 1 aromatic heterocycles. The summed E-state index contributed by atoms with van der Waals surface area (Å²) >= 11 is 1.32. The van der Waals surface area contributed by atoms with E-state index in [1.165, 1.54) is 31.0 Å². The van der Waals surface area contributed by atoms with Crippen molar-refractivity contribution >= 4 is 40.1 Å². The first kappa shape index (κ1) is 20.4. The van der Waals surface area contributed by atoms with Crippen molar-refractivity contribution in [2.45, 2.75) is 18.6 Å². The number of ether oxygens (including phenoxy) is 1. The standard InChI is InChI=1S/C20H20N4O4S/c1-4-9-23-16-8-6-5-7-14(16)22-20(23)29-12-19(25)21-15-11-18(28-3)17(24(26)27)10-13(15)2/h4-8,10-11H,1,9,12H2,2-3H3,(H,21,25). The fraction of sp³-hybridized carbons (Fsp3) is 0.200. The molecule has 1 heterocycles. The van der Waals surface area contributed by atoms with Gasteiger partial charge in [-0.1, -0.05) is 30.0 Å². The molecule has 0 spiro atoms. The van der Waals surface area contributed by atoms with E-state index in [1.54, 1.807) is 13.0 Å². The molecule has 3 rings (SSSR count). The smallest absolute Gasteiger partial charge is 0.311 e. The summed E-state index contributed by atoms with van der Waals surface area (Å²) in [7, 11) is 1.35. The van der Waals surface area contributed by atoms with Crippen LogP contribution >= 0.6 is 11.8 Å². The van der Waals surface area contributed by atoms with E-state index < -0.39 is 4.92 Å². The number of carbonyl (C=O) groups is 1. The molecule has 0 aliphatic heterocycles. The summed E-state index contributed by atoms with van der Waals surface area (Å²) in [6.07, 6.45) is 1.78. The summed E-state index contributed by atoms with van der Waals surface area (Å²) in [5.74, 6) is -0.0123. The SMILES string of the molecule is C=CCn1c(SCC(=O)Nc2cc(OC)c([N+](=O)[O-])cc2C)nc2ccccc21. The van der Waals surface area contributed by atoms with E-state index in [4.69, 9.17) is 4.74 Å². The van der Waals surface area contributed by atoms with Crippen molar-refractivity contribution in [3.63, 3.8) is 0 Å². The Labute approximate surface area is 171 Å². The van der Waals surface area contributed by atoms with Crippen LogP contribution in [0.1, 0.15) is 5.56 Å². The number of nitro benzene ring substituents is 1. The van der Waals surface area contributed by atoms with Crippen LogP contribution in [0.3, 0.4) is 0 Å². The fourth-order valence-corrected chi connectivity index (χ4v) is 3.72. The van der Waals surface area contributed by atoms with Gasteiger partial charge in [0.1, 0.15) is 0 Å². The minimum Gasteiger partial charge on any atom is -0.490 e. The number of anilines is 1. The number of thioether (sulfide) groups is 1. The molecule has 0 saturated carbocycles. The number of nitrogens with one attached hydrogen (secondary N) is 1. The molecule has 3 aromatic rings. The zero-order chi connectivity index (χ0) is 21.0. The number of methoxy groups -OCH3 is 1. The van der Waals surface area contributed by atoms with Gasteiger partial charge in [0.15, 0.2) is 10.9 Å². The molecule has 0 atom stereocenters. The Kier molecular flexibility index (Phi) is 6.18. The van der Waals surface area contributed by atoms with Gasteiger partial charge in [-0.25, -0.2) is 4.98 Å². The lowest BCUT2D eigenvalue weighted by molar-refractivity contribution is -0.385. The van der Waals surface area contributed by atoms with Crippen LogP contribution in [0.2, 0.25) is 0 Å². The van der Waals surface area contributed by atoms with E-state index in [1.807, 2.05) is 28.8 Å². The minimum atomic E-state index is -0.516. The number of fused-ring (bicyclic) bond motifs is 1. The van der Waals surface area contributed by atoms with Gasteiger partial charge in [-0.2, -0.15) is 0 Å². The zero-order valence-corrected chi connectivity index (χ0v) is 16.9. The number of hydrogen-bond donors (Lipinski definition) is 1. The molecule has 1 amide bonds. The molecular weight excluding hydrogens is 392 g/mol. The van der Waals surface area contributed by atoms with E-state index in [2.05, 4.69) is 16.9 Å². The maximum atomic E-state index is 12.5. The molecule has 29 heavy (non-hydrogen) atoms. The van der Waals surface area contributed by atoms with E-state index in [9.17, 15) is 14.9 Å². The molecule has 8 nitrogen and oxygen atoms in total. The predicted octanol–water partition coefficient (Wildman–Crippen LogP) is 4.18. The van der Waals surface area contributed by atoms with Crippen LogP contribution in [0.15, 0.2) is 54.2 Å². The number of aryl methyl sites for hydroxylation is 1. The molecule has 0 saturated heterocycles. The number of imidazole rings is 1. The second-order valence-corrected chi connectivity index (χ2v) is 7.16. The van der Waals surface area contributed by atoms with Crippen molar-refractivity contribution in [1.82, 2.24) is 9.55 Å². The Morgan fingerprint density at radius 1 is 1.41 bits per heavy atom. The molecular formula is C20H20N4O4S. The second kappa shape index (κ2) is 8.78. The zero-order valence-electron chi connectivity index (χ0n) is 16.0. The number of allylic oxidation sites excluding steroid dienone is 1. The molecule has 2 aromatic carbocycles. The number of amides is 1. The molecule has 0 aliphatic carbocycles. The Morgan fingerprint density at radius 3 is 2.86 bits per heavy atom. The lowest BCUT2D eigenvalue weighted by Gasteiger charge is -2.11. The van der Waals surface area contributed by atoms with Gasteiger partial charge < -0.3 is 14.6 Å². The number of para-hydroxylation sites is 2. The summed E-state index contributed by atoms with van der Waals surface area (Å²) in [4.78, 5) is 27.7. The Bertz CT molecular complexity index is 1090. The molecule has 1 N–H and O–H groups in total. The largest absolute Gasteiger partial charge is 0.490 e. The van der Waals surface area contributed by atoms with Crippen LogP contribution in [0.25, 0.3) is 11.0 Å². The van der Waals surface area contributed by atoms with Gasteiger partial charge in [0.25, 0.3) is 0 Å². The number of carbonyl (C=O) groups excluding carboxylic acids is 1. The van der Waals surface area contributed by atoms with Crippen molar-refractivity contribution in [3.05, 3.63) is 64.7 Å². The number of nitrogens with zero attached hydrogens (tertiary/aromatic N) is 3. The van der Waals surface area contributed by atoms with Crippen molar-refractivity contribution in [2.75, 3.05) is 18.2 Å². The highest BCUT2D eigenvalue weighted by atomic mass is 32.2. The summed E-state index contributed by atoms with van der Waals surface area (Å²) in [6, 6.07) is 10.6. The topological polar surface area (TPSA) is 99.3 Å². The monoisotopic (exact) mass is 412 g/mol.